The Morgan fingerprint density at radius 3 is 2.19 bits per heavy atom. The molecule has 0 spiro atoms. The van der Waals surface area contributed by atoms with Crippen LogP contribution in [0.2, 0.25) is 0 Å². The van der Waals surface area contributed by atoms with Gasteiger partial charge in [-0.25, -0.2) is 4.79 Å². The van der Waals surface area contributed by atoms with E-state index in [1.807, 2.05) is 13.8 Å². The number of rotatable bonds is 7. The molecule has 5 rings (SSSR count). The molecule has 2 atom stereocenters. The molecule has 2 unspecified atom stereocenters. The van der Waals surface area contributed by atoms with Crippen LogP contribution in [0.3, 0.4) is 0 Å². The van der Waals surface area contributed by atoms with Crippen LogP contribution in [0.25, 0.3) is 0 Å². The van der Waals surface area contributed by atoms with Gasteiger partial charge in [-0.15, -0.1) is 0 Å². The van der Waals surface area contributed by atoms with Crippen molar-refractivity contribution in [1.82, 2.24) is 21.3 Å². The molecule has 0 radical (unpaired) electrons. The highest BCUT2D eigenvalue weighted by Gasteiger charge is 2.51. The Bertz CT molecular complexity index is 657. The van der Waals surface area contributed by atoms with Crippen molar-refractivity contribution in [1.29, 1.82) is 0 Å². The molecule has 4 amide bonds. The van der Waals surface area contributed by atoms with Crippen LogP contribution in [-0.2, 0) is 9.59 Å². The highest BCUT2D eigenvalue weighted by Crippen LogP contribution is 2.55. The van der Waals surface area contributed by atoms with Gasteiger partial charge >= 0.3 is 6.03 Å². The number of urea groups is 1. The average molecular weight is 433 g/mol. The maximum absolute atomic E-state index is 12.5. The van der Waals surface area contributed by atoms with Crippen LogP contribution >= 0.6 is 0 Å². The molecule has 7 heteroatoms. The number of carbonyl (C=O) groups is 3. The van der Waals surface area contributed by atoms with Gasteiger partial charge in [0, 0.05) is 36.5 Å². The molecule has 0 saturated heterocycles. The molecule has 0 aromatic heterocycles. The summed E-state index contributed by atoms with van der Waals surface area (Å²) in [5.41, 5.74) is -0.00520. The highest BCUT2D eigenvalue weighted by molar-refractivity contribution is 5.80. The van der Waals surface area contributed by atoms with E-state index in [4.69, 9.17) is 0 Å². The zero-order valence-electron chi connectivity index (χ0n) is 19.2. The van der Waals surface area contributed by atoms with Gasteiger partial charge in [0.25, 0.3) is 0 Å². The topological polar surface area (TPSA) is 99.3 Å². The lowest BCUT2D eigenvalue weighted by atomic mass is 9.53. The van der Waals surface area contributed by atoms with Crippen LogP contribution in [0.1, 0.15) is 84.5 Å². The molecule has 31 heavy (non-hydrogen) atoms. The van der Waals surface area contributed by atoms with E-state index in [-0.39, 0.29) is 47.8 Å². The van der Waals surface area contributed by atoms with Gasteiger partial charge in [-0.05, 0) is 89.4 Å². The summed E-state index contributed by atoms with van der Waals surface area (Å²) < 4.78 is 0. The lowest BCUT2D eigenvalue weighted by Crippen LogP contribution is -2.61. The minimum absolute atomic E-state index is 0.00520. The predicted molar refractivity (Wildman–Crippen MR) is 119 cm³/mol. The van der Waals surface area contributed by atoms with Gasteiger partial charge in [0.2, 0.25) is 11.8 Å². The molecule has 5 saturated carbocycles. The summed E-state index contributed by atoms with van der Waals surface area (Å²) in [4.78, 5) is 37.2. The van der Waals surface area contributed by atoms with Gasteiger partial charge in [-0.1, -0.05) is 6.42 Å². The summed E-state index contributed by atoms with van der Waals surface area (Å²) >= 11 is 0. The van der Waals surface area contributed by atoms with E-state index in [1.165, 1.54) is 19.3 Å². The third-order valence-corrected chi connectivity index (χ3v) is 7.90. The number of amides is 4. The molecule has 4 N–H and O–H groups in total. The predicted octanol–water partition coefficient (Wildman–Crippen LogP) is 2.84. The molecule has 4 bridgehead atoms. The van der Waals surface area contributed by atoms with Crippen molar-refractivity contribution in [2.75, 3.05) is 6.54 Å². The molecule has 5 aliphatic rings. The van der Waals surface area contributed by atoms with Gasteiger partial charge in [-0.2, -0.15) is 0 Å². The second-order valence-corrected chi connectivity index (χ2v) is 11.1. The lowest BCUT2D eigenvalue weighted by Gasteiger charge is -2.56. The molecular weight excluding hydrogens is 392 g/mol. The lowest BCUT2D eigenvalue weighted by molar-refractivity contribution is -0.128. The molecule has 7 nitrogen and oxygen atoms in total. The molecule has 0 aromatic rings. The molecular formula is C24H40N4O3. The largest absolute Gasteiger partial charge is 0.354 e. The minimum Gasteiger partial charge on any atom is -0.354 e. The van der Waals surface area contributed by atoms with Crippen LogP contribution in [0.5, 0.6) is 0 Å². The summed E-state index contributed by atoms with van der Waals surface area (Å²) in [6, 6.07) is 0.0565. The summed E-state index contributed by atoms with van der Waals surface area (Å²) in [6.45, 7) is 4.27. The van der Waals surface area contributed by atoms with Gasteiger partial charge < -0.3 is 21.3 Å². The summed E-state index contributed by atoms with van der Waals surface area (Å²) in [5.74, 6) is 2.39. The van der Waals surface area contributed by atoms with Crippen LogP contribution in [0, 0.1) is 23.7 Å². The number of hydrogen-bond donors (Lipinski definition) is 4. The smallest absolute Gasteiger partial charge is 0.315 e. The summed E-state index contributed by atoms with van der Waals surface area (Å²) in [6.07, 6.45) is 11.1. The Morgan fingerprint density at radius 1 is 0.935 bits per heavy atom. The Balaban J connectivity index is 1.15. The maximum Gasteiger partial charge on any atom is 0.315 e. The summed E-state index contributed by atoms with van der Waals surface area (Å²) in [7, 11) is 0. The van der Waals surface area contributed by atoms with E-state index >= 15 is 0 Å². The normalized spacial score (nSPS) is 36.2. The van der Waals surface area contributed by atoms with Crippen molar-refractivity contribution in [3.63, 3.8) is 0 Å². The van der Waals surface area contributed by atoms with Crippen LogP contribution < -0.4 is 21.3 Å². The van der Waals surface area contributed by atoms with Crippen molar-refractivity contribution in [2.24, 2.45) is 23.7 Å². The standard InChI is InChI=1S/C24H40N4O3/c1-15(2)26-22(30)19-4-3-5-20(11-19)27-21(29)6-7-25-23(31)28-24-12-16-8-17(13-24)10-18(9-16)14-24/h15-20H,3-14H2,1-2H3,(H,26,30)(H,27,29)(H2,25,28,31). The first-order chi connectivity index (χ1) is 14.8. The maximum atomic E-state index is 12.5. The molecule has 174 valence electrons. The minimum atomic E-state index is -0.127. The van der Waals surface area contributed by atoms with Crippen LogP contribution in [0.15, 0.2) is 0 Å². The number of hydrogen-bond acceptors (Lipinski definition) is 3. The van der Waals surface area contributed by atoms with Gasteiger partial charge in [0.1, 0.15) is 0 Å². The van der Waals surface area contributed by atoms with E-state index in [1.54, 1.807) is 0 Å². The third-order valence-electron chi connectivity index (χ3n) is 7.90. The summed E-state index contributed by atoms with van der Waals surface area (Å²) in [5, 5.41) is 12.2. The Morgan fingerprint density at radius 2 is 1.58 bits per heavy atom. The molecule has 0 aliphatic heterocycles. The van der Waals surface area contributed by atoms with E-state index in [2.05, 4.69) is 21.3 Å². The van der Waals surface area contributed by atoms with Crippen LogP contribution in [-0.4, -0.2) is 42.0 Å². The monoisotopic (exact) mass is 432 g/mol. The van der Waals surface area contributed by atoms with Crippen molar-refractivity contribution in [3.8, 4) is 0 Å². The van der Waals surface area contributed by atoms with Crippen molar-refractivity contribution in [2.45, 2.75) is 102 Å². The van der Waals surface area contributed by atoms with E-state index in [0.717, 1.165) is 56.3 Å². The van der Waals surface area contributed by atoms with Crippen LogP contribution in [0.4, 0.5) is 4.79 Å². The Labute approximate surface area is 186 Å². The third kappa shape index (κ3) is 5.72. The van der Waals surface area contributed by atoms with Crippen molar-refractivity contribution >= 4 is 17.8 Å². The fourth-order valence-corrected chi connectivity index (χ4v) is 7.10. The number of nitrogens with one attached hydrogen (secondary N) is 4. The van der Waals surface area contributed by atoms with Gasteiger partial charge in [0.05, 0.1) is 0 Å². The molecule has 5 aliphatic carbocycles. The zero-order valence-corrected chi connectivity index (χ0v) is 19.2. The fraction of sp³-hybridized carbons (Fsp3) is 0.875. The second kappa shape index (κ2) is 9.37. The molecule has 5 fully saturated rings. The van der Waals surface area contributed by atoms with Crippen molar-refractivity contribution in [3.05, 3.63) is 0 Å². The van der Waals surface area contributed by atoms with E-state index in [9.17, 15) is 14.4 Å². The zero-order chi connectivity index (χ0) is 22.0. The van der Waals surface area contributed by atoms with Gasteiger partial charge in [-0.3, -0.25) is 9.59 Å². The first-order valence-electron chi connectivity index (χ1n) is 12.5. The van der Waals surface area contributed by atoms with E-state index in [0.29, 0.717) is 13.0 Å². The quantitative estimate of drug-likeness (QED) is 0.498. The average Bonchev–Trinajstić information content (AvgIpc) is 2.66. The second-order valence-electron chi connectivity index (χ2n) is 11.1. The number of carbonyl (C=O) groups excluding carboxylic acids is 3. The SMILES string of the molecule is CC(C)NC(=O)C1CCCC(NC(=O)CCNC(=O)NC23CC4CC(CC(C4)C2)C3)C1. The fourth-order valence-electron chi connectivity index (χ4n) is 7.10. The van der Waals surface area contributed by atoms with Crippen molar-refractivity contribution < 1.29 is 14.4 Å². The molecule has 0 aromatic carbocycles. The Kier molecular flexibility index (Phi) is 6.77. The molecule has 0 heterocycles. The first kappa shape index (κ1) is 22.4. The van der Waals surface area contributed by atoms with E-state index < -0.39 is 0 Å². The first-order valence-corrected chi connectivity index (χ1v) is 12.5. The highest BCUT2D eigenvalue weighted by atomic mass is 16.2. The Hall–Kier alpha value is -1.79. The van der Waals surface area contributed by atoms with Gasteiger partial charge in [0.15, 0.2) is 0 Å².